The summed E-state index contributed by atoms with van der Waals surface area (Å²) in [4.78, 5) is 34.8. The third kappa shape index (κ3) is 4.83. The number of nitrogens with one attached hydrogen (secondary N) is 2. The highest BCUT2D eigenvalue weighted by atomic mass is 32.2. The van der Waals surface area contributed by atoms with Crippen molar-refractivity contribution in [3.8, 4) is 6.01 Å². The number of nitrogens with zero attached hydrogens (tertiary/aromatic N) is 3. The lowest BCUT2D eigenvalue weighted by Crippen LogP contribution is -2.38. The predicted octanol–water partition coefficient (Wildman–Crippen LogP) is 0.397. The number of hydrogen-bond donors (Lipinski definition) is 2. The SMILES string of the molecule is COC(=O)C1=C(S(=O)(=O)NC(=O)Nc2nc(C)nc(OC)n2)C(=S)CC=C1. The van der Waals surface area contributed by atoms with Gasteiger partial charge < -0.3 is 9.47 Å². The molecule has 0 saturated heterocycles. The van der Waals surface area contributed by atoms with Crippen LogP contribution in [0.1, 0.15) is 12.2 Å². The molecule has 0 bridgehead atoms. The Labute approximate surface area is 159 Å². The monoisotopic (exact) mass is 413 g/mol. The quantitative estimate of drug-likeness (QED) is 0.513. The highest BCUT2D eigenvalue weighted by molar-refractivity contribution is 7.97. The van der Waals surface area contributed by atoms with Gasteiger partial charge in [-0.2, -0.15) is 15.0 Å². The number of anilines is 1. The topological polar surface area (TPSA) is 149 Å². The minimum atomic E-state index is -4.46. The zero-order chi connectivity index (χ0) is 20.2. The Morgan fingerprint density at radius 1 is 1.22 bits per heavy atom. The van der Waals surface area contributed by atoms with Crippen molar-refractivity contribution in [2.24, 2.45) is 0 Å². The highest BCUT2D eigenvalue weighted by Crippen LogP contribution is 2.23. The molecule has 1 heterocycles. The maximum Gasteiger partial charge on any atom is 0.339 e. The predicted molar refractivity (Wildman–Crippen MR) is 97.6 cm³/mol. The van der Waals surface area contributed by atoms with Crippen LogP contribution in [0.15, 0.2) is 22.6 Å². The molecule has 11 nitrogen and oxygen atoms in total. The number of sulfonamides is 1. The van der Waals surface area contributed by atoms with Crippen molar-refractivity contribution in [1.82, 2.24) is 19.7 Å². The molecule has 0 aromatic carbocycles. The number of aryl methyl sites for hydroxylation is 1. The number of carbonyl (C=O) groups is 2. The van der Waals surface area contributed by atoms with Gasteiger partial charge in [0.05, 0.1) is 19.8 Å². The van der Waals surface area contributed by atoms with Gasteiger partial charge in [-0.25, -0.2) is 22.7 Å². The molecule has 144 valence electrons. The van der Waals surface area contributed by atoms with E-state index < -0.39 is 26.9 Å². The van der Waals surface area contributed by atoms with Gasteiger partial charge in [0.2, 0.25) is 5.95 Å². The van der Waals surface area contributed by atoms with E-state index in [9.17, 15) is 18.0 Å². The first-order chi connectivity index (χ1) is 12.7. The van der Waals surface area contributed by atoms with Gasteiger partial charge in [-0.15, -0.1) is 0 Å². The van der Waals surface area contributed by atoms with E-state index >= 15 is 0 Å². The van der Waals surface area contributed by atoms with E-state index in [4.69, 9.17) is 17.0 Å². The van der Waals surface area contributed by atoms with Crippen LogP contribution >= 0.6 is 12.2 Å². The fourth-order valence-electron chi connectivity index (χ4n) is 2.07. The van der Waals surface area contributed by atoms with Crippen LogP contribution in [0.25, 0.3) is 0 Å². The Morgan fingerprint density at radius 2 is 1.93 bits per heavy atom. The van der Waals surface area contributed by atoms with Gasteiger partial charge in [-0.1, -0.05) is 18.3 Å². The van der Waals surface area contributed by atoms with E-state index in [1.807, 2.05) is 0 Å². The standard InChI is InChI=1S/C14H15N5O6S2/c1-7-15-12(18-14(16-7)25-3)17-13(21)19-27(22,23)10-8(11(20)24-2)5-4-6-9(10)26/h4-5H,6H2,1-3H3,(H2,15,16,17,18,19,21). The van der Waals surface area contributed by atoms with Crippen molar-refractivity contribution in [1.29, 1.82) is 0 Å². The molecule has 2 N–H and O–H groups in total. The summed E-state index contributed by atoms with van der Waals surface area (Å²) in [7, 11) is -2.04. The molecule has 27 heavy (non-hydrogen) atoms. The molecule has 0 atom stereocenters. The molecule has 1 aromatic rings. The lowest BCUT2D eigenvalue weighted by Gasteiger charge is -2.16. The van der Waals surface area contributed by atoms with Crippen LogP contribution in [-0.2, 0) is 19.6 Å². The minimum absolute atomic E-state index is 0.0316. The number of ether oxygens (including phenoxy) is 2. The van der Waals surface area contributed by atoms with Crippen LogP contribution in [0.2, 0.25) is 0 Å². The van der Waals surface area contributed by atoms with Gasteiger partial charge >= 0.3 is 18.0 Å². The smallest absolute Gasteiger partial charge is 0.339 e. The number of methoxy groups -OCH3 is 2. The summed E-state index contributed by atoms with van der Waals surface area (Å²) in [6.07, 6.45) is 2.92. The molecule has 1 aromatic heterocycles. The molecule has 2 rings (SSSR count). The lowest BCUT2D eigenvalue weighted by molar-refractivity contribution is -0.135. The van der Waals surface area contributed by atoms with E-state index in [0.29, 0.717) is 0 Å². The van der Waals surface area contributed by atoms with Gasteiger partial charge in [-0.05, 0) is 13.0 Å². The minimum Gasteiger partial charge on any atom is -0.467 e. The average molecular weight is 413 g/mol. The average Bonchev–Trinajstić information content (AvgIpc) is 2.59. The number of thiocarbonyl (C=S) groups is 1. The van der Waals surface area contributed by atoms with E-state index in [0.717, 1.165) is 7.11 Å². The van der Waals surface area contributed by atoms with E-state index in [-0.39, 0.29) is 34.6 Å². The van der Waals surface area contributed by atoms with Crippen molar-refractivity contribution in [3.63, 3.8) is 0 Å². The third-order valence-electron chi connectivity index (χ3n) is 3.12. The normalized spacial score (nSPS) is 14.0. The molecule has 0 saturated carbocycles. The molecule has 0 fully saturated rings. The first kappa shape index (κ1) is 20.4. The van der Waals surface area contributed by atoms with Crippen molar-refractivity contribution in [2.45, 2.75) is 13.3 Å². The van der Waals surface area contributed by atoms with E-state index in [1.165, 1.54) is 26.2 Å². The summed E-state index contributed by atoms with van der Waals surface area (Å²) in [5.74, 6) is -0.874. The second kappa shape index (κ2) is 8.18. The Bertz CT molecular complexity index is 970. The second-order valence-electron chi connectivity index (χ2n) is 5.02. The zero-order valence-electron chi connectivity index (χ0n) is 14.5. The Kier molecular flexibility index (Phi) is 6.17. The molecular weight excluding hydrogens is 398 g/mol. The molecule has 2 amide bonds. The summed E-state index contributed by atoms with van der Waals surface area (Å²) in [5, 5.41) is 2.15. The molecule has 0 radical (unpaired) electrons. The first-order valence-electron chi connectivity index (χ1n) is 7.30. The number of amides is 2. The summed E-state index contributed by atoms with van der Waals surface area (Å²) in [6, 6.07) is -1.22. The molecular formula is C14H15N5O6S2. The Morgan fingerprint density at radius 3 is 2.56 bits per heavy atom. The van der Waals surface area contributed by atoms with Gasteiger partial charge in [0, 0.05) is 11.3 Å². The highest BCUT2D eigenvalue weighted by Gasteiger charge is 2.31. The fourth-order valence-corrected chi connectivity index (χ4v) is 3.83. The van der Waals surface area contributed by atoms with Crippen LogP contribution in [-0.4, -0.2) is 54.5 Å². The van der Waals surface area contributed by atoms with Gasteiger partial charge in [0.1, 0.15) is 10.7 Å². The zero-order valence-corrected chi connectivity index (χ0v) is 16.1. The van der Waals surface area contributed by atoms with Crippen LogP contribution < -0.4 is 14.8 Å². The number of urea groups is 1. The summed E-state index contributed by atoms with van der Waals surface area (Å²) in [5.41, 5.74) is -0.272. The van der Waals surface area contributed by atoms with Crippen molar-refractivity contribution >= 4 is 45.1 Å². The third-order valence-corrected chi connectivity index (χ3v) is 5.08. The molecule has 0 spiro atoms. The summed E-state index contributed by atoms with van der Waals surface area (Å²) >= 11 is 5.03. The number of hydrogen-bond acceptors (Lipinski definition) is 10. The number of aromatic nitrogens is 3. The van der Waals surface area contributed by atoms with E-state index in [1.54, 1.807) is 4.72 Å². The lowest BCUT2D eigenvalue weighted by atomic mass is 10.1. The van der Waals surface area contributed by atoms with Gasteiger partial charge in [0.25, 0.3) is 10.0 Å². The Hall–Kier alpha value is -2.93. The first-order valence-corrected chi connectivity index (χ1v) is 9.20. The van der Waals surface area contributed by atoms with Gasteiger partial charge in [-0.3, -0.25) is 5.32 Å². The van der Waals surface area contributed by atoms with Crippen LogP contribution in [0, 0.1) is 6.92 Å². The maximum atomic E-state index is 12.6. The van der Waals surface area contributed by atoms with Crippen LogP contribution in [0.3, 0.4) is 0 Å². The van der Waals surface area contributed by atoms with Crippen LogP contribution in [0.4, 0.5) is 10.7 Å². The van der Waals surface area contributed by atoms with Gasteiger partial charge in [0.15, 0.2) is 0 Å². The van der Waals surface area contributed by atoms with Crippen molar-refractivity contribution in [3.05, 3.63) is 28.5 Å². The number of esters is 1. The number of rotatable bonds is 5. The Balaban J connectivity index is 2.29. The molecule has 0 aliphatic heterocycles. The number of allylic oxidation sites excluding steroid dienone is 2. The summed E-state index contributed by atoms with van der Waals surface area (Å²) in [6.45, 7) is 1.53. The fraction of sp³-hybridized carbons (Fsp3) is 0.286. The molecule has 0 unspecified atom stereocenters. The maximum absolute atomic E-state index is 12.6. The number of carbonyl (C=O) groups excluding carboxylic acids is 2. The van der Waals surface area contributed by atoms with Crippen LogP contribution in [0.5, 0.6) is 6.01 Å². The molecule has 13 heteroatoms. The van der Waals surface area contributed by atoms with E-state index in [2.05, 4.69) is 25.0 Å². The second-order valence-corrected chi connectivity index (χ2v) is 7.13. The largest absolute Gasteiger partial charge is 0.467 e. The van der Waals surface area contributed by atoms with Crippen molar-refractivity contribution < 1.29 is 27.5 Å². The molecule has 1 aliphatic carbocycles. The molecule has 1 aliphatic rings. The summed E-state index contributed by atoms with van der Waals surface area (Å²) < 4.78 is 36.3. The van der Waals surface area contributed by atoms with Crippen molar-refractivity contribution in [2.75, 3.05) is 19.5 Å².